The standard InChI is InChI=1S/C22H21N3O2S/c1-15(22(27)25-14-20(26)24-17-10-5-6-11-18(17)25)23-21(19-12-7-13-28-19)16-8-3-2-4-9-16/h2-13,15,21,23H,14H2,1H3,(H,24,26)/t15-,21+/m0/s1. The van der Waals surface area contributed by atoms with Gasteiger partial charge in [-0.05, 0) is 36.1 Å². The molecule has 0 fully saturated rings. The van der Waals surface area contributed by atoms with E-state index < -0.39 is 6.04 Å². The van der Waals surface area contributed by atoms with Gasteiger partial charge in [0.2, 0.25) is 11.8 Å². The van der Waals surface area contributed by atoms with Gasteiger partial charge in [0.15, 0.2) is 0 Å². The number of rotatable bonds is 5. The van der Waals surface area contributed by atoms with E-state index in [2.05, 4.69) is 28.8 Å². The second kappa shape index (κ2) is 7.96. The SMILES string of the molecule is C[C@H](N[C@H](c1ccccc1)c1cccs1)C(=O)N1CC(=O)Nc2ccccc21. The van der Waals surface area contributed by atoms with Gasteiger partial charge in [-0.25, -0.2) is 0 Å². The number of hydrogen-bond donors (Lipinski definition) is 2. The van der Waals surface area contributed by atoms with Crippen LogP contribution in [0.4, 0.5) is 11.4 Å². The lowest BCUT2D eigenvalue weighted by atomic mass is 10.0. The Morgan fingerprint density at radius 3 is 2.57 bits per heavy atom. The fourth-order valence-corrected chi connectivity index (χ4v) is 4.24. The number of carbonyl (C=O) groups is 2. The molecule has 2 amide bonds. The number of thiophene rings is 1. The average Bonchev–Trinajstić information content (AvgIpc) is 3.25. The van der Waals surface area contributed by atoms with Crippen molar-refractivity contribution in [3.63, 3.8) is 0 Å². The number of nitrogens with one attached hydrogen (secondary N) is 2. The molecule has 6 heteroatoms. The number of benzene rings is 2. The Bertz CT molecular complexity index is 972. The molecule has 0 unspecified atom stereocenters. The first-order valence-electron chi connectivity index (χ1n) is 9.18. The van der Waals surface area contributed by atoms with Crippen molar-refractivity contribution in [2.24, 2.45) is 0 Å². The molecular formula is C22H21N3O2S. The molecule has 3 aromatic rings. The summed E-state index contributed by atoms with van der Waals surface area (Å²) in [6.07, 6.45) is 0. The molecule has 0 saturated carbocycles. The quantitative estimate of drug-likeness (QED) is 0.695. The number of carbonyl (C=O) groups excluding carboxylic acids is 2. The van der Waals surface area contributed by atoms with Crippen molar-refractivity contribution in [1.82, 2.24) is 5.32 Å². The van der Waals surface area contributed by atoms with Gasteiger partial charge in [0.05, 0.1) is 23.5 Å². The van der Waals surface area contributed by atoms with E-state index in [4.69, 9.17) is 0 Å². The summed E-state index contributed by atoms with van der Waals surface area (Å²) in [5.74, 6) is -0.308. The van der Waals surface area contributed by atoms with Crippen LogP contribution in [0.1, 0.15) is 23.4 Å². The zero-order valence-corrected chi connectivity index (χ0v) is 16.3. The van der Waals surface area contributed by atoms with Crippen molar-refractivity contribution in [3.8, 4) is 0 Å². The minimum atomic E-state index is -0.466. The van der Waals surface area contributed by atoms with Crippen LogP contribution in [-0.2, 0) is 9.59 Å². The zero-order chi connectivity index (χ0) is 19.5. The van der Waals surface area contributed by atoms with Crippen LogP contribution in [0.25, 0.3) is 0 Å². The fraction of sp³-hybridized carbons (Fsp3) is 0.182. The molecule has 2 aromatic carbocycles. The monoisotopic (exact) mass is 391 g/mol. The van der Waals surface area contributed by atoms with Gasteiger partial charge in [-0.3, -0.25) is 19.8 Å². The molecule has 0 saturated heterocycles. The molecule has 28 heavy (non-hydrogen) atoms. The van der Waals surface area contributed by atoms with E-state index in [0.717, 1.165) is 16.1 Å². The predicted molar refractivity (Wildman–Crippen MR) is 113 cm³/mol. The van der Waals surface area contributed by atoms with Crippen LogP contribution in [0.5, 0.6) is 0 Å². The Hall–Kier alpha value is -2.96. The van der Waals surface area contributed by atoms with Crippen LogP contribution < -0.4 is 15.5 Å². The van der Waals surface area contributed by atoms with E-state index in [-0.39, 0.29) is 24.4 Å². The van der Waals surface area contributed by atoms with E-state index in [1.165, 1.54) is 0 Å². The van der Waals surface area contributed by atoms with E-state index in [0.29, 0.717) is 5.69 Å². The lowest BCUT2D eigenvalue weighted by Gasteiger charge is -2.32. The van der Waals surface area contributed by atoms with Gasteiger partial charge in [0.25, 0.3) is 0 Å². The fourth-order valence-electron chi connectivity index (χ4n) is 3.43. The molecule has 0 radical (unpaired) electrons. The summed E-state index contributed by atoms with van der Waals surface area (Å²) in [7, 11) is 0. The minimum Gasteiger partial charge on any atom is -0.323 e. The largest absolute Gasteiger partial charge is 0.323 e. The van der Waals surface area contributed by atoms with Crippen molar-refractivity contribution in [2.75, 3.05) is 16.8 Å². The Morgan fingerprint density at radius 1 is 1.07 bits per heavy atom. The highest BCUT2D eigenvalue weighted by atomic mass is 32.1. The predicted octanol–water partition coefficient (Wildman–Crippen LogP) is 3.80. The molecule has 4 rings (SSSR count). The molecule has 0 bridgehead atoms. The van der Waals surface area contributed by atoms with Gasteiger partial charge in [-0.15, -0.1) is 11.3 Å². The summed E-state index contributed by atoms with van der Waals surface area (Å²) < 4.78 is 0. The van der Waals surface area contributed by atoms with Crippen LogP contribution in [0.3, 0.4) is 0 Å². The van der Waals surface area contributed by atoms with E-state index in [1.54, 1.807) is 16.2 Å². The number of hydrogen-bond acceptors (Lipinski definition) is 4. The van der Waals surface area contributed by atoms with E-state index in [1.807, 2.05) is 60.8 Å². The van der Waals surface area contributed by atoms with Crippen molar-refractivity contribution in [1.29, 1.82) is 0 Å². The Morgan fingerprint density at radius 2 is 1.82 bits per heavy atom. The maximum absolute atomic E-state index is 13.2. The normalized spacial score (nSPS) is 15.5. The van der Waals surface area contributed by atoms with E-state index >= 15 is 0 Å². The maximum Gasteiger partial charge on any atom is 0.244 e. The summed E-state index contributed by atoms with van der Waals surface area (Å²) in [5, 5.41) is 8.32. The third-order valence-corrected chi connectivity index (χ3v) is 5.72. The van der Waals surface area contributed by atoms with Gasteiger partial charge in [0.1, 0.15) is 6.54 Å². The molecule has 2 atom stereocenters. The van der Waals surface area contributed by atoms with Gasteiger partial charge in [0, 0.05) is 4.88 Å². The van der Waals surface area contributed by atoms with Crippen molar-refractivity contribution in [2.45, 2.75) is 19.0 Å². The second-order valence-electron chi connectivity index (χ2n) is 6.74. The maximum atomic E-state index is 13.2. The summed E-state index contributed by atoms with van der Waals surface area (Å²) in [6, 6.07) is 21.0. The molecule has 1 aliphatic rings. The van der Waals surface area contributed by atoms with Gasteiger partial charge in [-0.2, -0.15) is 0 Å². The van der Waals surface area contributed by atoms with Crippen LogP contribution >= 0.6 is 11.3 Å². The number of anilines is 2. The first-order valence-corrected chi connectivity index (χ1v) is 10.1. The molecule has 2 N–H and O–H groups in total. The molecule has 1 aliphatic heterocycles. The minimum absolute atomic E-state index is 0.0247. The Balaban J connectivity index is 1.59. The highest BCUT2D eigenvalue weighted by Gasteiger charge is 2.31. The first kappa shape index (κ1) is 18.4. The van der Waals surface area contributed by atoms with Gasteiger partial charge in [-0.1, -0.05) is 48.5 Å². The summed E-state index contributed by atoms with van der Waals surface area (Å²) in [4.78, 5) is 28.0. The van der Waals surface area contributed by atoms with Crippen LogP contribution in [0, 0.1) is 0 Å². The number of amides is 2. The summed E-state index contributed by atoms with van der Waals surface area (Å²) in [5.41, 5.74) is 2.49. The first-order chi connectivity index (χ1) is 13.6. The topological polar surface area (TPSA) is 61.4 Å². The molecule has 5 nitrogen and oxygen atoms in total. The number of nitrogens with zero attached hydrogens (tertiary/aromatic N) is 1. The molecule has 0 aliphatic carbocycles. The summed E-state index contributed by atoms with van der Waals surface area (Å²) in [6.45, 7) is 1.87. The van der Waals surface area contributed by atoms with Crippen LogP contribution in [-0.4, -0.2) is 24.4 Å². The molecule has 2 heterocycles. The van der Waals surface area contributed by atoms with Crippen LogP contribution in [0.2, 0.25) is 0 Å². The molecule has 1 aromatic heterocycles. The Labute approximate surface area is 168 Å². The number of fused-ring (bicyclic) bond motifs is 1. The van der Waals surface area contributed by atoms with Crippen molar-refractivity contribution >= 4 is 34.5 Å². The summed E-state index contributed by atoms with van der Waals surface area (Å²) >= 11 is 1.65. The smallest absolute Gasteiger partial charge is 0.244 e. The molecule has 0 spiro atoms. The molecular weight excluding hydrogens is 370 g/mol. The number of para-hydroxylation sites is 2. The lowest BCUT2D eigenvalue weighted by Crippen LogP contribution is -2.50. The third kappa shape index (κ3) is 3.69. The average molecular weight is 391 g/mol. The lowest BCUT2D eigenvalue weighted by molar-refractivity contribution is -0.123. The second-order valence-corrected chi connectivity index (χ2v) is 7.72. The highest BCUT2D eigenvalue weighted by Crippen LogP contribution is 2.30. The van der Waals surface area contributed by atoms with Gasteiger partial charge < -0.3 is 5.32 Å². The van der Waals surface area contributed by atoms with Crippen molar-refractivity contribution in [3.05, 3.63) is 82.6 Å². The van der Waals surface area contributed by atoms with Crippen LogP contribution in [0.15, 0.2) is 72.1 Å². The highest BCUT2D eigenvalue weighted by molar-refractivity contribution is 7.10. The Kier molecular flexibility index (Phi) is 5.23. The third-order valence-electron chi connectivity index (χ3n) is 4.78. The van der Waals surface area contributed by atoms with Crippen molar-refractivity contribution < 1.29 is 9.59 Å². The zero-order valence-electron chi connectivity index (χ0n) is 15.5. The van der Waals surface area contributed by atoms with Gasteiger partial charge >= 0.3 is 0 Å². The molecule has 142 valence electrons. The van der Waals surface area contributed by atoms with E-state index in [9.17, 15) is 9.59 Å².